The number of Topliss-reactive ketones (excluding diaryl/α,β-unsaturated/α-hetero) is 2. The molecule has 0 N–H and O–H groups in total. The van der Waals surface area contributed by atoms with Crippen LogP contribution in [0.4, 0.5) is 0 Å². The SMILES string of the molecule is CC1(C)CC(=O)C2C(=NC3=C(C(=O)CC(C)(C)C3)C2c2cccc(-c3ccccc3)c2)C1. The lowest BCUT2D eigenvalue weighted by molar-refractivity contribution is -0.124. The first-order chi connectivity index (χ1) is 15.1. The summed E-state index contributed by atoms with van der Waals surface area (Å²) >= 11 is 0. The van der Waals surface area contributed by atoms with Crippen molar-refractivity contribution in [2.45, 2.75) is 59.3 Å². The minimum Gasteiger partial charge on any atom is -0.299 e. The van der Waals surface area contributed by atoms with Crippen molar-refractivity contribution in [3.63, 3.8) is 0 Å². The van der Waals surface area contributed by atoms with E-state index in [2.05, 4.69) is 64.1 Å². The fourth-order valence-corrected chi connectivity index (χ4v) is 5.91. The zero-order chi connectivity index (χ0) is 22.7. The van der Waals surface area contributed by atoms with Gasteiger partial charge in [-0.05, 0) is 40.4 Å². The molecule has 3 nitrogen and oxygen atoms in total. The Hall–Kier alpha value is -2.81. The monoisotopic (exact) mass is 425 g/mol. The zero-order valence-corrected chi connectivity index (χ0v) is 19.4. The highest BCUT2D eigenvalue weighted by Gasteiger charge is 2.49. The molecule has 3 aliphatic rings. The van der Waals surface area contributed by atoms with E-state index in [1.807, 2.05) is 18.2 Å². The molecule has 2 unspecified atom stereocenters. The number of hydrogen-bond acceptors (Lipinski definition) is 3. The molecule has 2 aromatic rings. The third kappa shape index (κ3) is 3.68. The Balaban J connectivity index is 1.68. The van der Waals surface area contributed by atoms with Crippen molar-refractivity contribution >= 4 is 17.3 Å². The Morgan fingerprint density at radius 3 is 2.19 bits per heavy atom. The molecule has 0 saturated heterocycles. The van der Waals surface area contributed by atoms with Gasteiger partial charge >= 0.3 is 0 Å². The minimum atomic E-state index is -0.321. The van der Waals surface area contributed by atoms with Crippen molar-refractivity contribution in [2.75, 3.05) is 0 Å². The molecule has 3 heteroatoms. The predicted molar refractivity (Wildman–Crippen MR) is 129 cm³/mol. The van der Waals surface area contributed by atoms with Crippen molar-refractivity contribution in [3.05, 3.63) is 71.4 Å². The number of nitrogens with zero attached hydrogens (tertiary/aromatic N) is 1. The summed E-state index contributed by atoms with van der Waals surface area (Å²) < 4.78 is 0. The molecule has 2 atom stereocenters. The standard InChI is InChI=1S/C29H31NO2/c1-28(2)14-21-26(23(31)16-28)25(27-22(30-21)15-29(3,4)17-24(27)32)20-12-8-11-19(13-20)18-9-6-5-7-10-18/h5-13,25-26H,14-17H2,1-4H3. The van der Waals surface area contributed by atoms with E-state index in [-0.39, 0.29) is 34.2 Å². The van der Waals surface area contributed by atoms with Gasteiger partial charge in [0.05, 0.1) is 5.92 Å². The largest absolute Gasteiger partial charge is 0.299 e. The van der Waals surface area contributed by atoms with Crippen LogP contribution in [0.15, 0.2) is 70.9 Å². The number of carbonyl (C=O) groups is 2. The van der Waals surface area contributed by atoms with Crippen molar-refractivity contribution < 1.29 is 9.59 Å². The van der Waals surface area contributed by atoms with Crippen molar-refractivity contribution in [2.24, 2.45) is 21.7 Å². The second-order valence-electron chi connectivity index (χ2n) is 11.3. The van der Waals surface area contributed by atoms with E-state index in [4.69, 9.17) is 4.99 Å². The van der Waals surface area contributed by atoms with Crippen LogP contribution in [0.1, 0.15) is 64.9 Å². The normalized spacial score (nSPS) is 26.3. The summed E-state index contributed by atoms with van der Waals surface area (Å²) in [5, 5.41) is 0. The van der Waals surface area contributed by atoms with Gasteiger partial charge in [-0.25, -0.2) is 0 Å². The maximum absolute atomic E-state index is 13.5. The van der Waals surface area contributed by atoms with Gasteiger partial charge in [0.15, 0.2) is 5.78 Å². The smallest absolute Gasteiger partial charge is 0.161 e. The predicted octanol–water partition coefficient (Wildman–Crippen LogP) is 6.54. The maximum atomic E-state index is 13.5. The first kappa shape index (κ1) is 21.1. The molecule has 2 aromatic carbocycles. The van der Waals surface area contributed by atoms with Gasteiger partial charge in [0.2, 0.25) is 0 Å². The van der Waals surface area contributed by atoms with E-state index in [0.717, 1.165) is 46.5 Å². The number of aliphatic imine (C=N–C) groups is 1. The van der Waals surface area contributed by atoms with Crippen LogP contribution in [0, 0.1) is 16.7 Å². The highest BCUT2D eigenvalue weighted by atomic mass is 16.1. The molecule has 1 heterocycles. The van der Waals surface area contributed by atoms with E-state index in [1.165, 1.54) is 0 Å². The second-order valence-corrected chi connectivity index (χ2v) is 11.3. The topological polar surface area (TPSA) is 46.5 Å². The molecule has 5 rings (SSSR count). The highest BCUT2D eigenvalue weighted by Crippen LogP contribution is 2.51. The summed E-state index contributed by atoms with van der Waals surface area (Å²) in [4.78, 5) is 32.0. The van der Waals surface area contributed by atoms with Crippen molar-refractivity contribution in [1.82, 2.24) is 0 Å². The lowest BCUT2D eigenvalue weighted by Crippen LogP contribution is -2.45. The third-order valence-electron chi connectivity index (χ3n) is 7.19. The van der Waals surface area contributed by atoms with Crippen LogP contribution in [-0.4, -0.2) is 17.3 Å². The molecule has 0 amide bonds. The lowest BCUT2D eigenvalue weighted by Gasteiger charge is -2.44. The lowest BCUT2D eigenvalue weighted by atomic mass is 9.60. The molecule has 0 bridgehead atoms. The summed E-state index contributed by atoms with van der Waals surface area (Å²) in [7, 11) is 0. The number of benzene rings is 2. The number of allylic oxidation sites excluding steroid dienone is 2. The first-order valence-electron chi connectivity index (χ1n) is 11.7. The number of rotatable bonds is 2. The number of ketones is 2. The highest BCUT2D eigenvalue weighted by molar-refractivity contribution is 6.13. The molecule has 1 aliphatic heterocycles. The van der Waals surface area contributed by atoms with E-state index in [0.29, 0.717) is 12.8 Å². The van der Waals surface area contributed by atoms with Gasteiger partial charge in [0.25, 0.3) is 0 Å². The fourth-order valence-electron chi connectivity index (χ4n) is 5.91. The van der Waals surface area contributed by atoms with E-state index in [1.54, 1.807) is 0 Å². The Kier molecular flexibility index (Phi) is 4.85. The molecule has 0 aromatic heterocycles. The number of carbonyl (C=O) groups excluding carboxylic acids is 2. The van der Waals surface area contributed by atoms with Gasteiger partial charge in [0, 0.05) is 35.7 Å². The molecule has 1 fully saturated rings. The fraction of sp³-hybridized carbons (Fsp3) is 0.414. The number of fused-ring (bicyclic) bond motifs is 1. The molecular weight excluding hydrogens is 394 g/mol. The van der Waals surface area contributed by atoms with Crippen LogP contribution in [0.3, 0.4) is 0 Å². The van der Waals surface area contributed by atoms with Crippen molar-refractivity contribution in [3.8, 4) is 11.1 Å². The minimum absolute atomic E-state index is 0.0882. The Labute approximate surface area is 190 Å². The van der Waals surface area contributed by atoms with Crippen LogP contribution in [0.2, 0.25) is 0 Å². The van der Waals surface area contributed by atoms with Gasteiger partial charge in [-0.2, -0.15) is 0 Å². The molecule has 0 spiro atoms. The molecular formula is C29H31NO2. The Morgan fingerprint density at radius 1 is 0.750 bits per heavy atom. The average molecular weight is 426 g/mol. The Bertz CT molecular complexity index is 1170. The van der Waals surface area contributed by atoms with Gasteiger partial charge in [-0.1, -0.05) is 82.3 Å². The zero-order valence-electron chi connectivity index (χ0n) is 19.4. The first-order valence-corrected chi connectivity index (χ1v) is 11.7. The third-order valence-corrected chi connectivity index (χ3v) is 7.19. The molecule has 164 valence electrons. The summed E-state index contributed by atoms with van der Waals surface area (Å²) in [5.74, 6) is -0.169. The average Bonchev–Trinajstić information content (AvgIpc) is 2.71. The van der Waals surface area contributed by atoms with Crippen LogP contribution in [0.5, 0.6) is 0 Å². The van der Waals surface area contributed by atoms with Gasteiger partial charge < -0.3 is 0 Å². The summed E-state index contributed by atoms with van der Waals surface area (Å²) in [6.07, 6.45) is 2.64. The van der Waals surface area contributed by atoms with Crippen LogP contribution in [0.25, 0.3) is 11.1 Å². The second kappa shape index (κ2) is 7.37. The Morgan fingerprint density at radius 2 is 1.44 bits per heavy atom. The molecule has 2 aliphatic carbocycles. The van der Waals surface area contributed by atoms with Crippen LogP contribution >= 0.6 is 0 Å². The van der Waals surface area contributed by atoms with Gasteiger partial charge in [0.1, 0.15) is 5.78 Å². The number of hydrogen-bond donors (Lipinski definition) is 0. The molecule has 32 heavy (non-hydrogen) atoms. The summed E-state index contributed by atoms with van der Waals surface area (Å²) in [5.41, 5.74) is 5.80. The van der Waals surface area contributed by atoms with Crippen molar-refractivity contribution in [1.29, 1.82) is 0 Å². The summed E-state index contributed by atoms with van der Waals surface area (Å²) in [6, 6.07) is 18.7. The van der Waals surface area contributed by atoms with E-state index >= 15 is 0 Å². The summed E-state index contributed by atoms with van der Waals surface area (Å²) in [6.45, 7) is 8.58. The maximum Gasteiger partial charge on any atom is 0.161 e. The van der Waals surface area contributed by atoms with E-state index in [9.17, 15) is 9.59 Å². The van der Waals surface area contributed by atoms with Gasteiger partial charge in [-0.15, -0.1) is 0 Å². The van der Waals surface area contributed by atoms with Crippen LogP contribution in [-0.2, 0) is 9.59 Å². The molecule has 1 saturated carbocycles. The van der Waals surface area contributed by atoms with Crippen LogP contribution < -0.4 is 0 Å². The van der Waals surface area contributed by atoms with E-state index < -0.39 is 0 Å². The van der Waals surface area contributed by atoms with Gasteiger partial charge in [-0.3, -0.25) is 14.6 Å². The molecule has 0 radical (unpaired) electrons. The quantitative estimate of drug-likeness (QED) is 0.548.